The van der Waals surface area contributed by atoms with Crippen LogP contribution in [-0.4, -0.2) is 39.3 Å². The molecular weight excluding hydrogens is 204 g/mol. The SMILES string of the molecule is CNC(=O)C(C)(C)CNCC1=CCCOC1. The number of hydrogen-bond acceptors (Lipinski definition) is 3. The van der Waals surface area contributed by atoms with Gasteiger partial charge in [0.05, 0.1) is 18.6 Å². The van der Waals surface area contributed by atoms with E-state index in [1.165, 1.54) is 5.57 Å². The minimum Gasteiger partial charge on any atom is -0.377 e. The Morgan fingerprint density at radius 2 is 2.31 bits per heavy atom. The molecule has 92 valence electrons. The maximum Gasteiger partial charge on any atom is 0.226 e. The van der Waals surface area contributed by atoms with Crippen molar-refractivity contribution in [2.24, 2.45) is 5.41 Å². The molecule has 16 heavy (non-hydrogen) atoms. The fourth-order valence-corrected chi connectivity index (χ4v) is 1.69. The van der Waals surface area contributed by atoms with Crippen molar-refractivity contribution >= 4 is 5.91 Å². The predicted molar refractivity (Wildman–Crippen MR) is 64.2 cm³/mol. The highest BCUT2D eigenvalue weighted by Gasteiger charge is 2.25. The summed E-state index contributed by atoms with van der Waals surface area (Å²) < 4.78 is 5.35. The second-order valence-corrected chi connectivity index (χ2v) is 4.77. The van der Waals surface area contributed by atoms with Crippen LogP contribution in [0.1, 0.15) is 20.3 Å². The van der Waals surface area contributed by atoms with Crippen molar-refractivity contribution in [3.63, 3.8) is 0 Å². The fourth-order valence-electron chi connectivity index (χ4n) is 1.69. The molecule has 0 fully saturated rings. The number of hydrogen-bond donors (Lipinski definition) is 2. The highest BCUT2D eigenvalue weighted by molar-refractivity contribution is 5.81. The summed E-state index contributed by atoms with van der Waals surface area (Å²) in [5.74, 6) is 0.0638. The summed E-state index contributed by atoms with van der Waals surface area (Å²) in [4.78, 5) is 11.5. The first kappa shape index (κ1) is 13.2. The molecule has 0 unspecified atom stereocenters. The van der Waals surface area contributed by atoms with Gasteiger partial charge in [-0.1, -0.05) is 6.08 Å². The van der Waals surface area contributed by atoms with E-state index < -0.39 is 0 Å². The maximum absolute atomic E-state index is 11.5. The molecule has 0 aromatic rings. The van der Waals surface area contributed by atoms with Gasteiger partial charge >= 0.3 is 0 Å². The molecule has 4 nitrogen and oxygen atoms in total. The average Bonchev–Trinajstić information content (AvgIpc) is 2.29. The summed E-state index contributed by atoms with van der Waals surface area (Å²) in [6, 6.07) is 0. The van der Waals surface area contributed by atoms with Crippen LogP contribution >= 0.6 is 0 Å². The van der Waals surface area contributed by atoms with Crippen LogP contribution in [0.5, 0.6) is 0 Å². The summed E-state index contributed by atoms with van der Waals surface area (Å²) in [6.45, 7) is 6.89. The summed E-state index contributed by atoms with van der Waals surface area (Å²) in [7, 11) is 1.67. The van der Waals surface area contributed by atoms with Crippen LogP contribution in [0.15, 0.2) is 11.6 Å². The van der Waals surface area contributed by atoms with Crippen molar-refractivity contribution in [2.75, 3.05) is 33.4 Å². The summed E-state index contributed by atoms with van der Waals surface area (Å²) in [6.07, 6.45) is 3.21. The molecule has 1 aliphatic heterocycles. The van der Waals surface area contributed by atoms with Crippen LogP contribution in [0, 0.1) is 5.41 Å². The molecule has 1 aliphatic rings. The van der Waals surface area contributed by atoms with Crippen LogP contribution < -0.4 is 10.6 Å². The van der Waals surface area contributed by atoms with Crippen molar-refractivity contribution in [1.29, 1.82) is 0 Å². The fraction of sp³-hybridized carbons (Fsp3) is 0.750. The molecular formula is C12H22N2O2. The zero-order chi connectivity index (χ0) is 12.0. The summed E-state index contributed by atoms with van der Waals surface area (Å²) in [5, 5.41) is 5.98. The van der Waals surface area contributed by atoms with Gasteiger partial charge in [-0.15, -0.1) is 0 Å². The van der Waals surface area contributed by atoms with E-state index >= 15 is 0 Å². The number of carbonyl (C=O) groups is 1. The Hall–Kier alpha value is -0.870. The molecule has 4 heteroatoms. The Bertz CT molecular complexity index is 272. The Morgan fingerprint density at radius 3 is 2.88 bits per heavy atom. The van der Waals surface area contributed by atoms with Gasteiger partial charge in [-0.25, -0.2) is 0 Å². The molecule has 1 heterocycles. The smallest absolute Gasteiger partial charge is 0.226 e. The van der Waals surface area contributed by atoms with E-state index in [1.807, 2.05) is 13.8 Å². The molecule has 0 aromatic carbocycles. The predicted octanol–water partition coefficient (Wildman–Crippen LogP) is 0.695. The van der Waals surface area contributed by atoms with E-state index in [4.69, 9.17) is 4.74 Å². The molecule has 0 bridgehead atoms. The monoisotopic (exact) mass is 226 g/mol. The van der Waals surface area contributed by atoms with Gasteiger partial charge in [0.15, 0.2) is 0 Å². The van der Waals surface area contributed by atoms with E-state index in [1.54, 1.807) is 7.05 Å². The van der Waals surface area contributed by atoms with E-state index in [0.717, 1.165) is 19.6 Å². The lowest BCUT2D eigenvalue weighted by molar-refractivity contribution is -0.128. The van der Waals surface area contributed by atoms with Crippen molar-refractivity contribution in [1.82, 2.24) is 10.6 Å². The topological polar surface area (TPSA) is 50.4 Å². The van der Waals surface area contributed by atoms with Crippen molar-refractivity contribution in [2.45, 2.75) is 20.3 Å². The van der Waals surface area contributed by atoms with Crippen LogP contribution in [0.3, 0.4) is 0 Å². The third-order valence-electron chi connectivity index (χ3n) is 2.74. The summed E-state index contributed by atoms with van der Waals surface area (Å²) >= 11 is 0. The van der Waals surface area contributed by atoms with Crippen LogP contribution in [0.25, 0.3) is 0 Å². The number of carbonyl (C=O) groups excluding carboxylic acids is 1. The van der Waals surface area contributed by atoms with Crippen LogP contribution in [0.2, 0.25) is 0 Å². The van der Waals surface area contributed by atoms with Gasteiger partial charge in [0.2, 0.25) is 5.91 Å². The molecule has 0 saturated heterocycles. The van der Waals surface area contributed by atoms with E-state index in [0.29, 0.717) is 13.2 Å². The number of nitrogens with one attached hydrogen (secondary N) is 2. The molecule has 0 spiro atoms. The molecule has 2 N–H and O–H groups in total. The van der Waals surface area contributed by atoms with E-state index in [9.17, 15) is 4.79 Å². The lowest BCUT2D eigenvalue weighted by Crippen LogP contribution is -2.42. The minimum atomic E-state index is -0.370. The maximum atomic E-state index is 11.5. The molecule has 1 rings (SSSR count). The Kier molecular flexibility index (Phi) is 4.96. The molecule has 0 atom stereocenters. The van der Waals surface area contributed by atoms with Crippen molar-refractivity contribution in [3.8, 4) is 0 Å². The van der Waals surface area contributed by atoms with Crippen LogP contribution in [0.4, 0.5) is 0 Å². The molecule has 0 aliphatic carbocycles. The molecule has 1 amide bonds. The van der Waals surface area contributed by atoms with Gasteiger partial charge in [-0.3, -0.25) is 4.79 Å². The van der Waals surface area contributed by atoms with Gasteiger partial charge in [-0.05, 0) is 25.8 Å². The average molecular weight is 226 g/mol. The first-order chi connectivity index (χ1) is 7.56. The van der Waals surface area contributed by atoms with Gasteiger partial charge in [0, 0.05) is 20.1 Å². The van der Waals surface area contributed by atoms with Crippen molar-refractivity contribution < 1.29 is 9.53 Å². The Balaban J connectivity index is 2.29. The first-order valence-electron chi connectivity index (χ1n) is 5.75. The van der Waals surface area contributed by atoms with Gasteiger partial charge in [0.1, 0.15) is 0 Å². The zero-order valence-corrected chi connectivity index (χ0v) is 10.4. The van der Waals surface area contributed by atoms with E-state index in [2.05, 4.69) is 16.7 Å². The Labute approximate surface area is 97.4 Å². The van der Waals surface area contributed by atoms with Crippen molar-refractivity contribution in [3.05, 3.63) is 11.6 Å². The third kappa shape index (κ3) is 3.94. The largest absolute Gasteiger partial charge is 0.377 e. The normalized spacial score (nSPS) is 16.8. The van der Waals surface area contributed by atoms with Gasteiger partial charge < -0.3 is 15.4 Å². The minimum absolute atomic E-state index is 0.0638. The second-order valence-electron chi connectivity index (χ2n) is 4.77. The van der Waals surface area contributed by atoms with Crippen LogP contribution in [-0.2, 0) is 9.53 Å². The van der Waals surface area contributed by atoms with Gasteiger partial charge in [-0.2, -0.15) is 0 Å². The zero-order valence-electron chi connectivity index (χ0n) is 10.4. The quantitative estimate of drug-likeness (QED) is 0.678. The lowest BCUT2D eigenvalue weighted by atomic mass is 9.92. The number of rotatable bonds is 5. The second kappa shape index (κ2) is 6.01. The van der Waals surface area contributed by atoms with E-state index in [-0.39, 0.29) is 11.3 Å². The van der Waals surface area contributed by atoms with Gasteiger partial charge in [0.25, 0.3) is 0 Å². The highest BCUT2D eigenvalue weighted by atomic mass is 16.5. The number of ether oxygens (including phenoxy) is 1. The molecule has 0 saturated carbocycles. The first-order valence-corrected chi connectivity index (χ1v) is 5.75. The lowest BCUT2D eigenvalue weighted by Gasteiger charge is -2.23. The standard InChI is InChI=1S/C12H22N2O2/c1-12(2,11(15)13-3)9-14-7-10-5-4-6-16-8-10/h5,14H,4,6-9H2,1-3H3,(H,13,15). The summed E-state index contributed by atoms with van der Waals surface area (Å²) in [5.41, 5.74) is 0.907. The molecule has 0 radical (unpaired) electrons. The Morgan fingerprint density at radius 1 is 1.56 bits per heavy atom. The third-order valence-corrected chi connectivity index (χ3v) is 2.74. The molecule has 0 aromatic heterocycles. The number of amides is 1. The highest BCUT2D eigenvalue weighted by Crippen LogP contribution is 2.13.